The van der Waals surface area contributed by atoms with Gasteiger partial charge >= 0.3 is 0 Å². The fourth-order valence-corrected chi connectivity index (χ4v) is 7.07. The molecular weight excluding hydrogens is 550 g/mol. The number of hydrogen-bond donors (Lipinski definition) is 0. The van der Waals surface area contributed by atoms with E-state index in [2.05, 4.69) is 144 Å². The molecule has 0 aliphatic rings. The SMILES string of the molecule is c1cc(-c2ccc3oc4ccccc4c3c2)cc(-c2ccc3oc4ccc(-n5c6ccccc6c6ccccc65)cc4c3c2)c1. The highest BCUT2D eigenvalue weighted by atomic mass is 16.3. The maximum absolute atomic E-state index is 6.33. The standard InChI is InChI=1S/C42H25NO2/c1-4-13-37-31(10-1)32-11-2-5-14-38(32)43(37)30-18-21-42-36(25-30)35-24-29(17-20-41(35)45-42)27-9-7-8-26(22-27)28-16-19-40-34(23-28)33-12-3-6-15-39(33)44-40/h1-25H. The Morgan fingerprint density at radius 1 is 0.311 bits per heavy atom. The fraction of sp³-hybridized carbons (Fsp3) is 0. The molecular formula is C42H25NO2. The first-order chi connectivity index (χ1) is 22.3. The van der Waals surface area contributed by atoms with Crippen molar-refractivity contribution in [2.24, 2.45) is 0 Å². The van der Waals surface area contributed by atoms with Crippen molar-refractivity contribution < 1.29 is 8.83 Å². The van der Waals surface area contributed by atoms with E-state index in [1.54, 1.807) is 0 Å². The number of fused-ring (bicyclic) bond motifs is 9. The number of nitrogens with zero attached hydrogens (tertiary/aromatic N) is 1. The van der Waals surface area contributed by atoms with Gasteiger partial charge in [0.05, 0.1) is 11.0 Å². The summed E-state index contributed by atoms with van der Waals surface area (Å²) < 4.78 is 14.8. The van der Waals surface area contributed by atoms with Gasteiger partial charge in [-0.2, -0.15) is 0 Å². The Morgan fingerprint density at radius 3 is 1.42 bits per heavy atom. The van der Waals surface area contributed by atoms with Gasteiger partial charge in [-0.25, -0.2) is 0 Å². The van der Waals surface area contributed by atoms with Gasteiger partial charge in [-0.05, 0) is 89.0 Å². The summed E-state index contributed by atoms with van der Waals surface area (Å²) in [5.74, 6) is 0. The molecule has 0 N–H and O–H groups in total. The molecule has 0 saturated heterocycles. The van der Waals surface area contributed by atoms with Gasteiger partial charge in [-0.3, -0.25) is 0 Å². The van der Waals surface area contributed by atoms with Gasteiger partial charge in [0.25, 0.3) is 0 Å². The van der Waals surface area contributed by atoms with Crippen LogP contribution in [-0.2, 0) is 0 Å². The van der Waals surface area contributed by atoms with Gasteiger partial charge in [0.2, 0.25) is 0 Å². The van der Waals surface area contributed by atoms with Crippen molar-refractivity contribution in [2.75, 3.05) is 0 Å². The second kappa shape index (κ2) is 9.22. The van der Waals surface area contributed by atoms with E-state index in [1.165, 1.54) is 38.5 Å². The van der Waals surface area contributed by atoms with E-state index in [9.17, 15) is 0 Å². The number of furan rings is 2. The zero-order chi connectivity index (χ0) is 29.5. The Bertz CT molecular complexity index is 2720. The van der Waals surface area contributed by atoms with Crippen molar-refractivity contribution in [1.82, 2.24) is 4.57 Å². The summed E-state index contributed by atoms with van der Waals surface area (Å²) in [7, 11) is 0. The van der Waals surface area contributed by atoms with E-state index in [0.717, 1.165) is 55.1 Å². The quantitative estimate of drug-likeness (QED) is 0.210. The van der Waals surface area contributed by atoms with E-state index in [-0.39, 0.29) is 0 Å². The molecule has 3 heteroatoms. The van der Waals surface area contributed by atoms with Crippen LogP contribution in [-0.4, -0.2) is 4.57 Å². The van der Waals surface area contributed by atoms with Crippen molar-refractivity contribution in [2.45, 2.75) is 0 Å². The normalized spacial score (nSPS) is 12.0. The summed E-state index contributed by atoms with van der Waals surface area (Å²) in [4.78, 5) is 0. The molecule has 0 aliphatic carbocycles. The molecule has 0 radical (unpaired) electrons. The second-order valence-corrected chi connectivity index (χ2v) is 11.8. The number of hydrogen-bond acceptors (Lipinski definition) is 2. The van der Waals surface area contributed by atoms with Crippen LogP contribution in [0, 0.1) is 0 Å². The van der Waals surface area contributed by atoms with Crippen LogP contribution in [0.4, 0.5) is 0 Å². The Kier molecular flexibility index (Phi) is 5.00. The third-order valence-electron chi connectivity index (χ3n) is 9.20. The number of benzene rings is 7. The molecule has 10 rings (SSSR count). The molecule has 3 nitrogen and oxygen atoms in total. The van der Waals surface area contributed by atoms with E-state index >= 15 is 0 Å². The zero-order valence-corrected chi connectivity index (χ0v) is 24.2. The van der Waals surface area contributed by atoms with Crippen molar-refractivity contribution in [3.05, 3.63) is 152 Å². The first-order valence-corrected chi connectivity index (χ1v) is 15.3. The molecule has 0 unspecified atom stereocenters. The third kappa shape index (κ3) is 3.65. The second-order valence-electron chi connectivity index (χ2n) is 11.8. The highest BCUT2D eigenvalue weighted by molar-refractivity contribution is 6.11. The van der Waals surface area contributed by atoms with Gasteiger partial charge < -0.3 is 13.4 Å². The van der Waals surface area contributed by atoms with Crippen LogP contribution >= 0.6 is 0 Å². The maximum Gasteiger partial charge on any atom is 0.135 e. The molecule has 3 heterocycles. The largest absolute Gasteiger partial charge is 0.456 e. The number of para-hydroxylation sites is 3. The van der Waals surface area contributed by atoms with Gasteiger partial charge in [-0.15, -0.1) is 0 Å². The van der Waals surface area contributed by atoms with Gasteiger partial charge in [-0.1, -0.05) is 84.9 Å². The molecule has 0 atom stereocenters. The maximum atomic E-state index is 6.33. The van der Waals surface area contributed by atoms with E-state index in [4.69, 9.17) is 8.83 Å². The van der Waals surface area contributed by atoms with Crippen LogP contribution in [0.15, 0.2) is 160 Å². The minimum atomic E-state index is 0.890. The predicted octanol–water partition coefficient (Wildman–Crippen LogP) is 11.9. The van der Waals surface area contributed by atoms with Gasteiger partial charge in [0.1, 0.15) is 22.3 Å². The lowest BCUT2D eigenvalue weighted by Crippen LogP contribution is -1.93. The molecule has 0 saturated carbocycles. The molecule has 0 spiro atoms. The van der Waals surface area contributed by atoms with E-state index < -0.39 is 0 Å². The summed E-state index contributed by atoms with van der Waals surface area (Å²) in [6, 6.07) is 53.8. The van der Waals surface area contributed by atoms with Crippen molar-refractivity contribution >= 4 is 65.7 Å². The summed E-state index contributed by atoms with van der Waals surface area (Å²) in [6.07, 6.45) is 0. The molecule has 0 aliphatic heterocycles. The molecule has 3 aromatic heterocycles. The lowest BCUT2D eigenvalue weighted by atomic mass is 9.97. The van der Waals surface area contributed by atoms with Crippen LogP contribution < -0.4 is 0 Å². The molecule has 0 fully saturated rings. The van der Waals surface area contributed by atoms with Gasteiger partial charge in [0.15, 0.2) is 0 Å². The Hall–Kier alpha value is -6.06. The topological polar surface area (TPSA) is 31.2 Å². The minimum absolute atomic E-state index is 0.890. The molecule has 210 valence electrons. The average molecular weight is 576 g/mol. The van der Waals surface area contributed by atoms with E-state index in [1.807, 2.05) is 12.1 Å². The summed E-state index contributed by atoms with van der Waals surface area (Å²) >= 11 is 0. The van der Waals surface area contributed by atoms with Crippen LogP contribution in [0.3, 0.4) is 0 Å². The smallest absolute Gasteiger partial charge is 0.135 e. The lowest BCUT2D eigenvalue weighted by molar-refractivity contribution is 0.668. The fourth-order valence-electron chi connectivity index (χ4n) is 7.07. The third-order valence-corrected chi connectivity index (χ3v) is 9.20. The van der Waals surface area contributed by atoms with Crippen LogP contribution in [0.5, 0.6) is 0 Å². The van der Waals surface area contributed by atoms with Gasteiger partial charge in [0, 0.05) is 38.0 Å². The molecule has 10 aromatic rings. The Balaban J connectivity index is 1.11. The minimum Gasteiger partial charge on any atom is -0.456 e. The number of aromatic nitrogens is 1. The first kappa shape index (κ1) is 24.4. The number of rotatable bonds is 3. The molecule has 0 bridgehead atoms. The highest BCUT2D eigenvalue weighted by Crippen LogP contribution is 2.38. The summed E-state index contributed by atoms with van der Waals surface area (Å²) in [6.45, 7) is 0. The first-order valence-electron chi connectivity index (χ1n) is 15.3. The summed E-state index contributed by atoms with van der Waals surface area (Å²) in [5.41, 5.74) is 11.8. The molecule has 0 amide bonds. The average Bonchev–Trinajstić information content (AvgIpc) is 3.77. The van der Waals surface area contributed by atoms with Crippen LogP contribution in [0.1, 0.15) is 0 Å². The van der Waals surface area contributed by atoms with Crippen molar-refractivity contribution in [3.63, 3.8) is 0 Å². The lowest BCUT2D eigenvalue weighted by Gasteiger charge is -2.08. The Morgan fingerprint density at radius 2 is 0.778 bits per heavy atom. The summed E-state index contributed by atoms with van der Waals surface area (Å²) in [5, 5.41) is 7.02. The highest BCUT2D eigenvalue weighted by Gasteiger charge is 2.15. The zero-order valence-electron chi connectivity index (χ0n) is 24.2. The predicted molar refractivity (Wildman–Crippen MR) is 186 cm³/mol. The molecule has 7 aromatic carbocycles. The van der Waals surface area contributed by atoms with Crippen LogP contribution in [0.25, 0.3) is 93.6 Å². The Labute approximate surface area is 258 Å². The molecule has 45 heavy (non-hydrogen) atoms. The van der Waals surface area contributed by atoms with Crippen LogP contribution in [0.2, 0.25) is 0 Å². The monoisotopic (exact) mass is 575 g/mol. The van der Waals surface area contributed by atoms with Crippen molar-refractivity contribution in [3.8, 4) is 27.9 Å². The van der Waals surface area contributed by atoms with Crippen molar-refractivity contribution in [1.29, 1.82) is 0 Å². The van der Waals surface area contributed by atoms with E-state index in [0.29, 0.717) is 0 Å².